The number of hydrogen-bond acceptors (Lipinski definition) is 13. The van der Waals surface area contributed by atoms with Crippen molar-refractivity contribution in [3.05, 3.63) is 60.8 Å². The number of rotatable bonds is 3. The van der Waals surface area contributed by atoms with E-state index < -0.39 is 104 Å². The van der Waals surface area contributed by atoms with E-state index in [1.165, 1.54) is 24.3 Å². The predicted octanol–water partition coefficient (Wildman–Crippen LogP) is 1.08. The van der Waals surface area contributed by atoms with E-state index in [1.807, 2.05) is 6.08 Å². The minimum absolute atomic E-state index is 0. The highest BCUT2D eigenvalue weighted by molar-refractivity contribution is 5.85. The van der Waals surface area contributed by atoms with Crippen LogP contribution < -0.4 is 5.73 Å². The number of aliphatic hydroxyl groups excluding tert-OH is 3. The number of hydrogen-bond donors (Lipinski definition) is 7. The number of esters is 1. The van der Waals surface area contributed by atoms with Gasteiger partial charge in [-0.3, -0.25) is 9.59 Å². The summed E-state index contributed by atoms with van der Waals surface area (Å²) < 4.78 is 22.0. The Balaban J connectivity index is 0.00000800. The standard InChI is InChI=1S/C33H47NO13.ClH/c1-20-10-8-6-4-3-5-7-9-11-24(47-33(43)19-32(34,42)18-21(2)46-33)17-26(38)30(31(40)41)25(37)15-22(35)14-23(36)16-28-27(45-28)12-13-29(39)44-20;/h3-9,11-13,20-21,23-28,30,36-38,42-43H,10,14-19,34H2,1-2H3,(H,40,41);1H/b4-3+,7-5-,8-6+,11-9+,13-12+;/t20-,21-,23?,24?,25?,26?,27?,28?,30?,32-,33-;/m1./s1. The molecule has 15 heteroatoms. The second-order valence-electron chi connectivity index (χ2n) is 12.4. The number of ketones is 1. The number of halogens is 1. The van der Waals surface area contributed by atoms with Crippen LogP contribution in [0.4, 0.5) is 0 Å². The lowest BCUT2D eigenvalue weighted by atomic mass is 9.88. The molecule has 3 aliphatic heterocycles. The van der Waals surface area contributed by atoms with Gasteiger partial charge < -0.3 is 55.3 Å². The van der Waals surface area contributed by atoms with Crippen molar-refractivity contribution in [1.29, 1.82) is 0 Å². The van der Waals surface area contributed by atoms with Crippen LogP contribution in [-0.2, 0) is 33.3 Å². The molecule has 3 heterocycles. The number of carboxylic acids is 1. The van der Waals surface area contributed by atoms with Crippen LogP contribution in [0, 0.1) is 5.92 Å². The normalized spacial score (nSPS) is 42.5. The van der Waals surface area contributed by atoms with Crippen LogP contribution in [0.5, 0.6) is 0 Å². The largest absolute Gasteiger partial charge is 0.481 e. The summed E-state index contributed by atoms with van der Waals surface area (Å²) in [4.78, 5) is 36.9. The smallest absolute Gasteiger partial charge is 0.330 e. The molecule has 0 bridgehead atoms. The first-order valence-corrected chi connectivity index (χ1v) is 15.6. The Labute approximate surface area is 285 Å². The number of cyclic esters (lactones) is 1. The molecule has 48 heavy (non-hydrogen) atoms. The van der Waals surface area contributed by atoms with Gasteiger partial charge in [-0.05, 0) is 19.9 Å². The summed E-state index contributed by atoms with van der Waals surface area (Å²) in [6.45, 7) is 3.31. The average molecular weight is 702 g/mol. The van der Waals surface area contributed by atoms with Crippen LogP contribution in [0.2, 0.25) is 0 Å². The van der Waals surface area contributed by atoms with Gasteiger partial charge in [-0.1, -0.05) is 48.6 Å². The van der Waals surface area contributed by atoms with Crippen molar-refractivity contribution in [1.82, 2.24) is 0 Å². The number of carbonyl (C=O) groups excluding carboxylic acids is 2. The Morgan fingerprint density at radius 1 is 0.938 bits per heavy atom. The molecular weight excluding hydrogens is 654 g/mol. The van der Waals surface area contributed by atoms with Gasteiger partial charge in [0.25, 0.3) is 5.97 Å². The maximum atomic E-state index is 12.6. The van der Waals surface area contributed by atoms with E-state index in [9.17, 15) is 45.0 Å². The van der Waals surface area contributed by atoms with Gasteiger partial charge in [0.1, 0.15) is 29.6 Å². The first kappa shape index (κ1) is 41.4. The third-order valence-corrected chi connectivity index (χ3v) is 7.73. The van der Waals surface area contributed by atoms with Crippen molar-refractivity contribution in [3.63, 3.8) is 0 Å². The minimum atomic E-state index is -2.39. The molecule has 0 aliphatic carbocycles. The molecule has 0 aromatic heterocycles. The van der Waals surface area contributed by atoms with Gasteiger partial charge in [0, 0.05) is 44.6 Å². The molecule has 7 unspecified atom stereocenters. The quantitative estimate of drug-likeness (QED) is 0.124. The maximum Gasteiger partial charge on any atom is 0.330 e. The first-order chi connectivity index (χ1) is 22.1. The molecule has 8 N–H and O–H groups in total. The van der Waals surface area contributed by atoms with Gasteiger partial charge in [-0.25, -0.2) is 4.79 Å². The van der Waals surface area contributed by atoms with Gasteiger partial charge in [0.2, 0.25) is 0 Å². The van der Waals surface area contributed by atoms with Crippen LogP contribution in [0.3, 0.4) is 0 Å². The number of carboxylic acid groups (broad SMARTS) is 1. The molecule has 2 saturated heterocycles. The Bertz CT molecular complexity index is 1230. The summed E-state index contributed by atoms with van der Waals surface area (Å²) in [6.07, 6.45) is 6.48. The number of ether oxygens (including phenoxy) is 4. The topological polar surface area (TPSA) is 239 Å². The van der Waals surface area contributed by atoms with Crippen LogP contribution in [0.15, 0.2) is 60.8 Å². The van der Waals surface area contributed by atoms with Gasteiger partial charge in [-0.2, -0.15) is 0 Å². The van der Waals surface area contributed by atoms with Gasteiger partial charge in [0.15, 0.2) is 0 Å². The summed E-state index contributed by atoms with van der Waals surface area (Å²) in [5, 5.41) is 63.3. The number of allylic oxidation sites excluding steroid dienone is 6. The molecule has 0 spiro atoms. The molecule has 0 aromatic carbocycles. The molecule has 0 radical (unpaired) electrons. The summed E-state index contributed by atoms with van der Waals surface area (Å²) in [5.41, 5.74) is 4.02. The highest BCUT2D eigenvalue weighted by Crippen LogP contribution is 2.34. The molecule has 14 nitrogen and oxygen atoms in total. The van der Waals surface area contributed by atoms with Crippen molar-refractivity contribution < 1.29 is 64.0 Å². The Kier molecular flexibility index (Phi) is 16.3. The van der Waals surface area contributed by atoms with Crippen molar-refractivity contribution in [2.75, 3.05) is 0 Å². The fourth-order valence-electron chi connectivity index (χ4n) is 5.62. The van der Waals surface area contributed by atoms with E-state index in [2.05, 4.69) is 0 Å². The summed E-state index contributed by atoms with van der Waals surface area (Å²) in [6, 6.07) is 0. The lowest BCUT2D eigenvalue weighted by Gasteiger charge is -2.43. The van der Waals surface area contributed by atoms with E-state index in [-0.39, 0.29) is 31.4 Å². The summed E-state index contributed by atoms with van der Waals surface area (Å²) >= 11 is 0. The molecule has 0 amide bonds. The minimum Gasteiger partial charge on any atom is -0.481 e. The third kappa shape index (κ3) is 14.4. The van der Waals surface area contributed by atoms with Crippen molar-refractivity contribution in [3.8, 4) is 0 Å². The first-order valence-electron chi connectivity index (χ1n) is 15.6. The van der Waals surface area contributed by atoms with Crippen LogP contribution in [0.25, 0.3) is 0 Å². The molecule has 270 valence electrons. The molecule has 3 rings (SSSR count). The maximum absolute atomic E-state index is 12.6. The fraction of sp³-hybridized carbons (Fsp3) is 0.606. The highest BCUT2D eigenvalue weighted by Gasteiger charge is 2.48. The van der Waals surface area contributed by atoms with E-state index in [0.29, 0.717) is 6.42 Å². The second kappa shape index (κ2) is 18.9. The zero-order valence-electron chi connectivity index (χ0n) is 26.9. The number of fused-ring (bicyclic) bond motifs is 1. The monoisotopic (exact) mass is 701 g/mol. The fourth-order valence-corrected chi connectivity index (χ4v) is 5.62. The number of aliphatic hydroxyl groups is 5. The predicted molar refractivity (Wildman–Crippen MR) is 173 cm³/mol. The van der Waals surface area contributed by atoms with Gasteiger partial charge in [0.05, 0.1) is 43.0 Å². The van der Waals surface area contributed by atoms with Gasteiger partial charge >= 0.3 is 11.9 Å². The number of Topliss-reactive ketones (excluding diaryl/α,β-unsaturated/α-hetero) is 1. The second-order valence-corrected chi connectivity index (χ2v) is 12.4. The number of carbonyl (C=O) groups is 3. The lowest BCUT2D eigenvalue weighted by Crippen LogP contribution is -2.58. The van der Waals surface area contributed by atoms with E-state index in [1.54, 1.807) is 44.2 Å². The highest BCUT2D eigenvalue weighted by atomic mass is 35.5. The van der Waals surface area contributed by atoms with Crippen LogP contribution >= 0.6 is 12.4 Å². The molecule has 0 aromatic rings. The SMILES string of the molecule is C[C@@H]1C/C=C/C=C/C=C\C=C\C(O[C@@]2(O)C[C@](N)(O)C[C@@H](C)O2)CC(O)C(C(=O)O)C(O)CC(=O)CC(O)CC2OC2/C=C/C(=O)O1.Cl. The molecule has 2 fully saturated rings. The van der Waals surface area contributed by atoms with Gasteiger partial charge in [-0.15, -0.1) is 12.4 Å². The molecule has 0 saturated carbocycles. The summed E-state index contributed by atoms with van der Waals surface area (Å²) in [5.74, 6) is -7.00. The summed E-state index contributed by atoms with van der Waals surface area (Å²) in [7, 11) is 0. The van der Waals surface area contributed by atoms with Crippen LogP contribution in [-0.4, -0.2) is 109 Å². The number of epoxide rings is 1. The van der Waals surface area contributed by atoms with Crippen molar-refractivity contribution in [2.24, 2.45) is 11.7 Å². The van der Waals surface area contributed by atoms with E-state index in [4.69, 9.17) is 24.7 Å². The Morgan fingerprint density at radius 3 is 2.27 bits per heavy atom. The van der Waals surface area contributed by atoms with Crippen LogP contribution in [0.1, 0.15) is 58.8 Å². The number of aliphatic carboxylic acids is 1. The van der Waals surface area contributed by atoms with E-state index >= 15 is 0 Å². The third-order valence-electron chi connectivity index (χ3n) is 7.73. The molecule has 3 aliphatic rings. The Hall–Kier alpha value is -2.76. The average Bonchev–Trinajstić information content (AvgIpc) is 3.65. The zero-order chi connectivity index (χ0) is 34.8. The van der Waals surface area contributed by atoms with Crippen molar-refractivity contribution in [2.45, 2.75) is 119 Å². The molecule has 11 atom stereocenters. The zero-order valence-corrected chi connectivity index (χ0v) is 27.8. The van der Waals surface area contributed by atoms with E-state index in [0.717, 1.165) is 0 Å². The van der Waals surface area contributed by atoms with Crippen molar-refractivity contribution >= 4 is 30.1 Å². The lowest BCUT2D eigenvalue weighted by molar-refractivity contribution is -0.416. The Morgan fingerprint density at radius 2 is 1.60 bits per heavy atom. The number of nitrogens with two attached hydrogens (primary N) is 1. The molecular formula is C33H48ClNO13.